The largest absolute Gasteiger partial charge is 0.278 e. The van der Waals surface area contributed by atoms with E-state index in [1.165, 1.54) is 23.0 Å². The Kier molecular flexibility index (Phi) is 3.84. The summed E-state index contributed by atoms with van der Waals surface area (Å²) < 4.78 is 14.1. The van der Waals surface area contributed by atoms with E-state index < -0.39 is 0 Å². The summed E-state index contributed by atoms with van der Waals surface area (Å²) in [5, 5.41) is 8.55. The number of nitrogens with zero attached hydrogens (tertiary/aromatic N) is 3. The van der Waals surface area contributed by atoms with Crippen LogP contribution in [0.3, 0.4) is 0 Å². The van der Waals surface area contributed by atoms with Gasteiger partial charge in [-0.25, -0.2) is 4.39 Å². The molecule has 2 rings (SSSR count). The first-order chi connectivity index (χ1) is 8.58. The Morgan fingerprint density at radius 2 is 2.00 bits per heavy atom. The summed E-state index contributed by atoms with van der Waals surface area (Å²) in [5.74, 6) is -0.303. The fraction of sp³-hybridized carbons (Fsp3) is 0.0909. The van der Waals surface area contributed by atoms with Crippen LogP contribution in [0.2, 0.25) is 10.3 Å². The molecular weight excluding hydrogens is 278 g/mol. The van der Waals surface area contributed by atoms with Crippen LogP contribution in [0.4, 0.5) is 10.1 Å². The molecular formula is C11H9Cl2FN4. The topological polar surface area (TPSA) is 42.2 Å². The molecule has 0 saturated carbocycles. The molecule has 0 amide bonds. The highest BCUT2D eigenvalue weighted by Gasteiger charge is 2.10. The van der Waals surface area contributed by atoms with Crippen molar-refractivity contribution in [2.45, 2.75) is 0 Å². The van der Waals surface area contributed by atoms with E-state index in [1.54, 1.807) is 19.2 Å². The summed E-state index contributed by atoms with van der Waals surface area (Å²) in [5.41, 5.74) is 3.91. The van der Waals surface area contributed by atoms with E-state index in [1.807, 2.05) is 0 Å². The standard InChI is InChI=1S/C11H9Cl2FN4/c1-18-11(13)9(10(12)17-18)6-15-16-8-4-2-7(14)3-5-8/h2-6,16H,1H3. The zero-order valence-corrected chi connectivity index (χ0v) is 10.9. The Bertz CT molecular complexity index is 577. The van der Waals surface area contributed by atoms with Gasteiger partial charge in [-0.1, -0.05) is 23.2 Å². The van der Waals surface area contributed by atoms with Crippen LogP contribution in [0.15, 0.2) is 29.4 Å². The van der Waals surface area contributed by atoms with Crippen LogP contribution in [-0.4, -0.2) is 16.0 Å². The van der Waals surface area contributed by atoms with Crippen LogP contribution in [0, 0.1) is 5.82 Å². The lowest BCUT2D eigenvalue weighted by Crippen LogP contribution is -1.92. The molecule has 0 aliphatic carbocycles. The summed E-state index contributed by atoms with van der Waals surface area (Å²) in [6.07, 6.45) is 1.46. The number of nitrogens with one attached hydrogen (secondary N) is 1. The molecule has 0 bridgehead atoms. The van der Waals surface area contributed by atoms with Gasteiger partial charge in [0.1, 0.15) is 11.0 Å². The van der Waals surface area contributed by atoms with Gasteiger partial charge in [-0.3, -0.25) is 10.1 Å². The zero-order chi connectivity index (χ0) is 13.1. The zero-order valence-electron chi connectivity index (χ0n) is 9.36. The molecule has 2 aromatic rings. The van der Waals surface area contributed by atoms with E-state index in [2.05, 4.69) is 15.6 Å². The maximum absolute atomic E-state index is 12.7. The van der Waals surface area contributed by atoms with Gasteiger partial charge in [0.15, 0.2) is 5.15 Å². The van der Waals surface area contributed by atoms with Crippen molar-refractivity contribution in [3.63, 3.8) is 0 Å². The van der Waals surface area contributed by atoms with Crippen LogP contribution in [0.25, 0.3) is 0 Å². The van der Waals surface area contributed by atoms with Crippen molar-refractivity contribution in [3.8, 4) is 0 Å². The predicted octanol–water partition coefficient (Wildman–Crippen LogP) is 3.31. The third-order valence-electron chi connectivity index (χ3n) is 2.20. The highest BCUT2D eigenvalue weighted by Crippen LogP contribution is 2.21. The van der Waals surface area contributed by atoms with E-state index in [0.29, 0.717) is 16.4 Å². The van der Waals surface area contributed by atoms with Crippen LogP contribution >= 0.6 is 23.2 Å². The monoisotopic (exact) mass is 286 g/mol. The molecule has 0 fully saturated rings. The van der Waals surface area contributed by atoms with E-state index in [-0.39, 0.29) is 11.0 Å². The van der Waals surface area contributed by atoms with E-state index in [4.69, 9.17) is 23.2 Å². The number of hydrazone groups is 1. The van der Waals surface area contributed by atoms with Gasteiger partial charge in [0.2, 0.25) is 0 Å². The molecule has 0 saturated heterocycles. The first kappa shape index (κ1) is 12.9. The van der Waals surface area contributed by atoms with Gasteiger partial charge in [-0.05, 0) is 24.3 Å². The number of benzene rings is 1. The molecule has 7 heteroatoms. The van der Waals surface area contributed by atoms with Gasteiger partial charge in [0, 0.05) is 7.05 Å². The highest BCUT2D eigenvalue weighted by atomic mass is 35.5. The van der Waals surface area contributed by atoms with Gasteiger partial charge in [-0.15, -0.1) is 0 Å². The lowest BCUT2D eigenvalue weighted by Gasteiger charge is -1.98. The first-order valence-corrected chi connectivity index (χ1v) is 5.76. The Labute approximate surface area is 113 Å². The van der Waals surface area contributed by atoms with Gasteiger partial charge >= 0.3 is 0 Å². The number of aromatic nitrogens is 2. The minimum Gasteiger partial charge on any atom is -0.278 e. The Morgan fingerprint density at radius 3 is 2.56 bits per heavy atom. The Morgan fingerprint density at radius 1 is 1.33 bits per heavy atom. The maximum atomic E-state index is 12.7. The molecule has 18 heavy (non-hydrogen) atoms. The molecule has 1 N–H and O–H groups in total. The van der Waals surface area contributed by atoms with Crippen molar-refractivity contribution in [1.29, 1.82) is 0 Å². The van der Waals surface area contributed by atoms with Crippen molar-refractivity contribution in [1.82, 2.24) is 9.78 Å². The Balaban J connectivity index is 2.10. The van der Waals surface area contributed by atoms with Gasteiger partial charge in [-0.2, -0.15) is 10.2 Å². The fourth-order valence-corrected chi connectivity index (χ4v) is 1.77. The molecule has 1 aromatic heterocycles. The third kappa shape index (κ3) is 2.80. The number of halogens is 3. The van der Waals surface area contributed by atoms with Crippen LogP contribution in [-0.2, 0) is 7.05 Å². The van der Waals surface area contributed by atoms with Crippen molar-refractivity contribution in [2.75, 3.05) is 5.43 Å². The average Bonchev–Trinajstić information content (AvgIpc) is 2.58. The first-order valence-electron chi connectivity index (χ1n) is 5.00. The maximum Gasteiger partial charge on any atom is 0.161 e. The predicted molar refractivity (Wildman–Crippen MR) is 70.8 cm³/mol. The summed E-state index contributed by atoms with van der Waals surface area (Å²) in [6, 6.07) is 5.81. The van der Waals surface area contributed by atoms with E-state index in [0.717, 1.165) is 0 Å². The van der Waals surface area contributed by atoms with Crippen molar-refractivity contribution >= 4 is 35.1 Å². The molecule has 0 aliphatic rings. The quantitative estimate of drug-likeness (QED) is 0.695. The number of aryl methyl sites for hydroxylation is 1. The van der Waals surface area contributed by atoms with Crippen LogP contribution in [0.1, 0.15) is 5.56 Å². The molecule has 0 radical (unpaired) electrons. The summed E-state index contributed by atoms with van der Waals surface area (Å²) in [4.78, 5) is 0. The second kappa shape index (κ2) is 5.37. The second-order valence-electron chi connectivity index (χ2n) is 3.50. The molecule has 1 heterocycles. The molecule has 0 aliphatic heterocycles. The van der Waals surface area contributed by atoms with Crippen molar-refractivity contribution in [2.24, 2.45) is 12.1 Å². The van der Waals surface area contributed by atoms with Gasteiger partial charge < -0.3 is 0 Å². The van der Waals surface area contributed by atoms with E-state index >= 15 is 0 Å². The lowest BCUT2D eigenvalue weighted by molar-refractivity contribution is 0.628. The van der Waals surface area contributed by atoms with Crippen molar-refractivity contribution < 1.29 is 4.39 Å². The van der Waals surface area contributed by atoms with Crippen LogP contribution in [0.5, 0.6) is 0 Å². The van der Waals surface area contributed by atoms with Gasteiger partial charge in [0.05, 0.1) is 17.5 Å². The van der Waals surface area contributed by atoms with E-state index in [9.17, 15) is 4.39 Å². The number of anilines is 1. The SMILES string of the molecule is Cn1nc(Cl)c(C=NNc2ccc(F)cc2)c1Cl. The number of rotatable bonds is 3. The van der Waals surface area contributed by atoms with Crippen LogP contribution < -0.4 is 5.43 Å². The molecule has 94 valence electrons. The summed E-state index contributed by atoms with van der Waals surface area (Å²) in [6.45, 7) is 0. The second-order valence-corrected chi connectivity index (χ2v) is 4.21. The molecule has 0 unspecified atom stereocenters. The van der Waals surface area contributed by atoms with Gasteiger partial charge in [0.25, 0.3) is 0 Å². The number of hydrogen-bond donors (Lipinski definition) is 1. The summed E-state index contributed by atoms with van der Waals surface area (Å²) >= 11 is 11.8. The minimum absolute atomic E-state index is 0.271. The van der Waals surface area contributed by atoms with Crippen molar-refractivity contribution in [3.05, 3.63) is 46.0 Å². The summed E-state index contributed by atoms with van der Waals surface area (Å²) in [7, 11) is 1.68. The lowest BCUT2D eigenvalue weighted by atomic mass is 10.3. The minimum atomic E-state index is -0.303. The molecule has 1 aromatic carbocycles. The molecule has 0 spiro atoms. The average molecular weight is 287 g/mol. The fourth-order valence-electron chi connectivity index (χ4n) is 1.29. The smallest absolute Gasteiger partial charge is 0.161 e. The normalized spacial score (nSPS) is 11.1. The molecule has 4 nitrogen and oxygen atoms in total. The third-order valence-corrected chi connectivity index (χ3v) is 2.93. The highest BCUT2D eigenvalue weighted by molar-refractivity contribution is 6.37. The molecule has 0 atom stereocenters. The number of hydrogen-bond acceptors (Lipinski definition) is 3. The Hall–Kier alpha value is -1.59.